The molecule has 0 atom stereocenters. The van der Waals surface area contributed by atoms with Gasteiger partial charge < -0.3 is 0 Å². The molecular weight excluding hydrogens is 306 g/mol. The second-order valence-corrected chi connectivity index (χ2v) is 8.52. The van der Waals surface area contributed by atoms with E-state index in [-0.39, 0.29) is 10.3 Å². The summed E-state index contributed by atoms with van der Waals surface area (Å²) in [4.78, 5) is 0.288. The highest BCUT2D eigenvalue weighted by atomic mass is 32.2. The number of para-hydroxylation sites is 1. The molecule has 2 rings (SSSR count). The predicted octanol–water partition coefficient (Wildman–Crippen LogP) is 4.66. The van der Waals surface area contributed by atoms with Crippen LogP contribution in [-0.2, 0) is 21.9 Å². The Kier molecular flexibility index (Phi) is 4.85. The summed E-state index contributed by atoms with van der Waals surface area (Å²) in [6.45, 7) is 10.3. The Morgan fingerprint density at radius 2 is 1.61 bits per heavy atom. The van der Waals surface area contributed by atoms with Crippen LogP contribution in [0.25, 0.3) is 0 Å². The maximum atomic E-state index is 12.7. The smallest absolute Gasteiger partial charge is 0.261 e. The second-order valence-electron chi connectivity index (χ2n) is 6.84. The summed E-state index contributed by atoms with van der Waals surface area (Å²) < 4.78 is 28.1. The fourth-order valence-corrected chi connectivity index (χ4v) is 3.67. The summed E-state index contributed by atoms with van der Waals surface area (Å²) in [5.74, 6) is 0. The average molecular weight is 331 g/mol. The maximum Gasteiger partial charge on any atom is 0.261 e. The van der Waals surface area contributed by atoms with Crippen molar-refractivity contribution in [2.45, 2.75) is 51.3 Å². The molecule has 0 aromatic heterocycles. The number of sulfonamides is 1. The van der Waals surface area contributed by atoms with Crippen molar-refractivity contribution in [1.82, 2.24) is 0 Å². The van der Waals surface area contributed by atoms with Crippen molar-refractivity contribution in [2.24, 2.45) is 0 Å². The molecule has 124 valence electrons. The van der Waals surface area contributed by atoms with Crippen molar-refractivity contribution >= 4 is 15.7 Å². The number of anilines is 1. The van der Waals surface area contributed by atoms with Crippen LogP contribution in [0.1, 0.15) is 44.4 Å². The minimum Gasteiger partial charge on any atom is -0.279 e. The zero-order valence-corrected chi connectivity index (χ0v) is 15.3. The maximum absolute atomic E-state index is 12.7. The average Bonchev–Trinajstić information content (AvgIpc) is 2.48. The lowest BCUT2D eigenvalue weighted by molar-refractivity contribution is 0.587. The van der Waals surface area contributed by atoms with Crippen LogP contribution < -0.4 is 4.72 Å². The van der Waals surface area contributed by atoms with Gasteiger partial charge in [0.15, 0.2) is 0 Å². The molecule has 23 heavy (non-hydrogen) atoms. The minimum absolute atomic E-state index is 0.00111. The summed E-state index contributed by atoms with van der Waals surface area (Å²) in [7, 11) is -3.58. The number of rotatable bonds is 4. The van der Waals surface area contributed by atoms with Crippen molar-refractivity contribution in [3.8, 4) is 0 Å². The van der Waals surface area contributed by atoms with Crippen LogP contribution in [0.2, 0.25) is 0 Å². The molecule has 2 aromatic carbocycles. The highest BCUT2D eigenvalue weighted by molar-refractivity contribution is 7.92. The minimum atomic E-state index is -3.58. The summed E-state index contributed by atoms with van der Waals surface area (Å²) in [6, 6.07) is 12.9. The molecule has 0 aliphatic rings. The molecule has 0 radical (unpaired) electrons. The Hall–Kier alpha value is -1.81. The van der Waals surface area contributed by atoms with E-state index in [2.05, 4.69) is 25.5 Å². The Morgan fingerprint density at radius 3 is 2.13 bits per heavy atom. The van der Waals surface area contributed by atoms with Crippen LogP contribution in [0.4, 0.5) is 5.69 Å². The summed E-state index contributed by atoms with van der Waals surface area (Å²) in [5, 5.41) is 0. The largest absolute Gasteiger partial charge is 0.279 e. The highest BCUT2D eigenvalue weighted by Crippen LogP contribution is 2.27. The van der Waals surface area contributed by atoms with Gasteiger partial charge in [-0.1, -0.05) is 58.0 Å². The molecule has 0 amide bonds. The Balaban J connectivity index is 2.37. The van der Waals surface area contributed by atoms with Crippen molar-refractivity contribution < 1.29 is 8.42 Å². The van der Waals surface area contributed by atoms with Gasteiger partial charge in [0.2, 0.25) is 0 Å². The van der Waals surface area contributed by atoms with E-state index < -0.39 is 10.0 Å². The van der Waals surface area contributed by atoms with E-state index in [0.717, 1.165) is 23.1 Å². The van der Waals surface area contributed by atoms with Gasteiger partial charge in [-0.2, -0.15) is 0 Å². The highest BCUT2D eigenvalue weighted by Gasteiger charge is 2.19. The molecule has 0 spiro atoms. The molecule has 0 fully saturated rings. The first-order valence-electron chi connectivity index (χ1n) is 7.87. The number of nitrogens with one attached hydrogen (secondary N) is 1. The lowest BCUT2D eigenvalue weighted by atomic mass is 9.87. The molecule has 0 bridgehead atoms. The van der Waals surface area contributed by atoms with E-state index in [0.29, 0.717) is 5.69 Å². The van der Waals surface area contributed by atoms with Gasteiger partial charge in [0.1, 0.15) is 0 Å². The van der Waals surface area contributed by atoms with Gasteiger partial charge >= 0.3 is 0 Å². The van der Waals surface area contributed by atoms with E-state index in [1.807, 2.05) is 44.2 Å². The SMILES string of the molecule is CCc1cccc(C)c1NS(=O)(=O)c1ccc(C(C)(C)C)cc1. The Labute approximate surface area is 139 Å². The molecule has 4 heteroatoms. The van der Waals surface area contributed by atoms with Crippen LogP contribution in [0.15, 0.2) is 47.4 Å². The Morgan fingerprint density at radius 1 is 1.00 bits per heavy atom. The van der Waals surface area contributed by atoms with Crippen LogP contribution >= 0.6 is 0 Å². The fraction of sp³-hybridized carbons (Fsp3) is 0.368. The number of aryl methyl sites for hydroxylation is 2. The van der Waals surface area contributed by atoms with Gasteiger partial charge in [0, 0.05) is 0 Å². The van der Waals surface area contributed by atoms with Gasteiger partial charge in [0.05, 0.1) is 10.6 Å². The topological polar surface area (TPSA) is 46.2 Å². The molecule has 2 aromatic rings. The lowest BCUT2D eigenvalue weighted by Gasteiger charge is -2.19. The zero-order valence-electron chi connectivity index (χ0n) is 14.5. The van der Waals surface area contributed by atoms with E-state index in [9.17, 15) is 8.42 Å². The van der Waals surface area contributed by atoms with Gasteiger partial charge in [-0.3, -0.25) is 4.72 Å². The van der Waals surface area contributed by atoms with Crippen LogP contribution in [0.5, 0.6) is 0 Å². The van der Waals surface area contributed by atoms with Gasteiger partial charge in [-0.25, -0.2) is 8.42 Å². The van der Waals surface area contributed by atoms with Crippen molar-refractivity contribution in [3.05, 3.63) is 59.2 Å². The number of hydrogen-bond donors (Lipinski definition) is 1. The second kappa shape index (κ2) is 6.36. The first-order valence-corrected chi connectivity index (χ1v) is 9.35. The predicted molar refractivity (Wildman–Crippen MR) is 96.5 cm³/mol. The molecular formula is C19H25NO2S. The third-order valence-electron chi connectivity index (χ3n) is 4.01. The molecule has 0 aliphatic carbocycles. The molecule has 0 heterocycles. The van der Waals surface area contributed by atoms with Gasteiger partial charge in [0.25, 0.3) is 10.0 Å². The number of hydrogen-bond acceptors (Lipinski definition) is 2. The lowest BCUT2D eigenvalue weighted by Crippen LogP contribution is -2.16. The molecule has 3 nitrogen and oxygen atoms in total. The standard InChI is InChI=1S/C19H25NO2S/c1-6-15-9-7-8-14(2)18(15)20-23(21,22)17-12-10-16(11-13-17)19(3,4)5/h7-13,20H,6H2,1-5H3. The van der Waals surface area contributed by atoms with E-state index in [1.165, 1.54) is 0 Å². The monoisotopic (exact) mass is 331 g/mol. The zero-order chi connectivity index (χ0) is 17.3. The third-order valence-corrected chi connectivity index (χ3v) is 5.37. The van der Waals surface area contributed by atoms with Gasteiger partial charge in [-0.15, -0.1) is 0 Å². The summed E-state index contributed by atoms with van der Waals surface area (Å²) >= 11 is 0. The molecule has 0 aliphatic heterocycles. The Bertz CT molecular complexity index is 785. The fourth-order valence-electron chi connectivity index (χ4n) is 2.50. The molecule has 0 unspecified atom stereocenters. The van der Waals surface area contributed by atoms with E-state index in [4.69, 9.17) is 0 Å². The van der Waals surface area contributed by atoms with E-state index in [1.54, 1.807) is 12.1 Å². The van der Waals surface area contributed by atoms with E-state index >= 15 is 0 Å². The first kappa shape index (κ1) is 17.5. The van der Waals surface area contributed by atoms with Crippen molar-refractivity contribution in [3.63, 3.8) is 0 Å². The molecule has 0 saturated heterocycles. The summed E-state index contributed by atoms with van der Waals surface area (Å²) in [6.07, 6.45) is 0.780. The van der Waals surface area contributed by atoms with Gasteiger partial charge in [-0.05, 0) is 47.6 Å². The summed E-state index contributed by atoms with van der Waals surface area (Å²) in [5.41, 5.74) is 3.73. The first-order chi connectivity index (χ1) is 10.6. The van der Waals surface area contributed by atoms with Crippen LogP contribution in [0.3, 0.4) is 0 Å². The van der Waals surface area contributed by atoms with Crippen molar-refractivity contribution in [2.75, 3.05) is 4.72 Å². The van der Waals surface area contributed by atoms with Crippen LogP contribution in [0, 0.1) is 6.92 Å². The quantitative estimate of drug-likeness (QED) is 0.886. The normalized spacial score (nSPS) is 12.2. The molecule has 1 N–H and O–H groups in total. The number of benzene rings is 2. The van der Waals surface area contributed by atoms with Crippen molar-refractivity contribution in [1.29, 1.82) is 0 Å². The van der Waals surface area contributed by atoms with Crippen LogP contribution in [-0.4, -0.2) is 8.42 Å². The third kappa shape index (κ3) is 3.94. The molecule has 0 saturated carbocycles.